The van der Waals surface area contributed by atoms with Crippen LogP contribution >= 0.6 is 0 Å². The number of unbranched alkanes of at least 4 members (excludes halogenated alkanes) is 1. The second-order valence-electron chi connectivity index (χ2n) is 15.8. The molecule has 0 saturated carbocycles. The van der Waals surface area contributed by atoms with Gasteiger partial charge in [-0.15, -0.1) is 0 Å². The zero-order valence-electron chi connectivity index (χ0n) is 35.4. The van der Waals surface area contributed by atoms with Gasteiger partial charge in [0.1, 0.15) is 6.54 Å². The summed E-state index contributed by atoms with van der Waals surface area (Å²) in [5.74, 6) is -1.57. The maximum atomic E-state index is 11.7. The number of allylic oxidation sites excluding steroid dienone is 6. The van der Waals surface area contributed by atoms with Gasteiger partial charge >= 0.3 is 94.6 Å². The first-order chi connectivity index (χ1) is 26.4. The van der Waals surface area contributed by atoms with Crippen molar-refractivity contribution in [3.05, 3.63) is 119 Å². The van der Waals surface area contributed by atoms with Gasteiger partial charge in [0.05, 0.1) is 16.9 Å². The zero-order valence-corrected chi connectivity index (χ0v) is 43.0. The number of carboxylic acid groups (broad SMARTS) is 1. The van der Waals surface area contributed by atoms with E-state index in [1.807, 2.05) is 24.3 Å². The van der Waals surface area contributed by atoms with Crippen molar-refractivity contribution < 1.29 is 129 Å². The van der Waals surface area contributed by atoms with Crippen molar-refractivity contribution >= 4 is 64.8 Å². The van der Waals surface area contributed by atoms with Crippen molar-refractivity contribution in [3.8, 4) is 0 Å². The third-order valence-corrected chi connectivity index (χ3v) is 12.7. The van der Waals surface area contributed by atoms with Crippen LogP contribution in [0.4, 0.5) is 11.4 Å². The molecule has 0 unspecified atom stereocenters. The Morgan fingerprint density at radius 2 is 1.34 bits per heavy atom. The average Bonchev–Trinajstić information content (AvgIpc) is 3.46. The molecule has 0 aliphatic carbocycles. The molecule has 296 valence electrons. The molecular formula is C44H51N2Na3O8S2+4. The first-order valence-electron chi connectivity index (χ1n) is 19.1. The number of carboxylic acids is 1. The molecule has 0 fully saturated rings. The van der Waals surface area contributed by atoms with Gasteiger partial charge in [-0.3, -0.25) is 13.9 Å². The Kier molecular flexibility index (Phi) is 18.6. The first kappa shape index (κ1) is 51.7. The van der Waals surface area contributed by atoms with Crippen LogP contribution in [0.2, 0.25) is 0 Å². The number of nitrogens with zero attached hydrogens (tertiary/aromatic N) is 2. The molecule has 10 nitrogen and oxygen atoms in total. The number of benzene rings is 4. The largest absolute Gasteiger partial charge is 1.00 e. The molecule has 2 aliphatic heterocycles. The molecule has 4 aromatic carbocycles. The monoisotopic (exact) mass is 868 g/mol. The molecule has 0 bridgehead atoms. The van der Waals surface area contributed by atoms with E-state index in [4.69, 9.17) is 0 Å². The van der Waals surface area contributed by atoms with Crippen LogP contribution in [0, 0.1) is 0 Å². The molecule has 2 heterocycles. The van der Waals surface area contributed by atoms with Crippen LogP contribution in [0.25, 0.3) is 21.5 Å². The Balaban J connectivity index is 0.00000310. The second-order valence-corrected chi connectivity index (χ2v) is 19.0. The quantitative estimate of drug-likeness (QED) is 0.0456. The number of carbonyl (C=O) groups is 1. The maximum absolute atomic E-state index is 11.7. The standard InChI is InChI=1S/C44H50N2O8S2.3Na/c1-43(2)36-29-33-15-6-7-16-34(33)30-38(36)46(26-12-28-56(52,53)54)39(43)23-19-31(13-5-10-18-41(47)48)20-24-40-44(3,4)42-35-17-9-8-14-32(35)21-22-37(42)45(40)25-11-27-55(49,50)51;;;/h6-9,14-17,19-24,29-30H,5,10-13,18,25-28H2,1-4H3,(H2-,47,48,49,50,51,52,53,54);;;/q;3*+1/p+1. The molecule has 15 heteroatoms. The minimum atomic E-state index is -4.15. The van der Waals surface area contributed by atoms with Gasteiger partial charge in [0.2, 0.25) is 5.69 Å². The molecule has 59 heavy (non-hydrogen) atoms. The third kappa shape index (κ3) is 12.3. The van der Waals surface area contributed by atoms with Crippen molar-refractivity contribution in [2.75, 3.05) is 29.5 Å². The second kappa shape index (κ2) is 21.2. The molecule has 2 aliphatic rings. The van der Waals surface area contributed by atoms with Crippen LogP contribution in [0.5, 0.6) is 0 Å². The molecule has 0 amide bonds. The third-order valence-electron chi connectivity index (χ3n) is 11.1. The van der Waals surface area contributed by atoms with E-state index in [0.29, 0.717) is 32.4 Å². The first-order valence-corrected chi connectivity index (χ1v) is 22.3. The maximum Gasteiger partial charge on any atom is 1.00 e. The average molecular weight is 869 g/mol. The molecule has 0 aromatic heterocycles. The van der Waals surface area contributed by atoms with E-state index in [2.05, 4.69) is 110 Å². The Labute approximate surface area is 415 Å². The molecule has 0 saturated heterocycles. The molecule has 3 N–H and O–H groups in total. The number of fused-ring (bicyclic) bond motifs is 5. The smallest absolute Gasteiger partial charge is 0.481 e. The van der Waals surface area contributed by atoms with E-state index in [1.54, 1.807) is 0 Å². The van der Waals surface area contributed by atoms with Crippen molar-refractivity contribution in [1.82, 2.24) is 0 Å². The van der Waals surface area contributed by atoms with Gasteiger partial charge in [0, 0.05) is 53.9 Å². The molecular weight excluding hydrogens is 818 g/mol. The van der Waals surface area contributed by atoms with Crippen LogP contribution in [0.3, 0.4) is 0 Å². The van der Waals surface area contributed by atoms with Crippen molar-refractivity contribution in [3.63, 3.8) is 0 Å². The summed E-state index contributed by atoms with van der Waals surface area (Å²) in [7, 11) is -8.30. The summed E-state index contributed by atoms with van der Waals surface area (Å²) < 4.78 is 68.2. The Morgan fingerprint density at radius 1 is 0.746 bits per heavy atom. The van der Waals surface area contributed by atoms with E-state index in [1.165, 1.54) is 0 Å². The zero-order chi connectivity index (χ0) is 40.5. The van der Waals surface area contributed by atoms with E-state index in [-0.39, 0.29) is 119 Å². The fourth-order valence-electron chi connectivity index (χ4n) is 8.38. The Bertz CT molecular complexity index is 2550. The van der Waals surface area contributed by atoms with Crippen molar-refractivity contribution in [2.24, 2.45) is 0 Å². The molecule has 4 aromatic rings. The van der Waals surface area contributed by atoms with Gasteiger partial charge in [-0.1, -0.05) is 74.5 Å². The number of hydrogen-bond acceptors (Lipinski definition) is 6. The summed E-state index contributed by atoms with van der Waals surface area (Å²) in [6.45, 7) is 9.35. The van der Waals surface area contributed by atoms with Crippen LogP contribution in [-0.2, 0) is 35.9 Å². The van der Waals surface area contributed by atoms with Crippen LogP contribution in [0.15, 0.2) is 108 Å². The summed E-state index contributed by atoms with van der Waals surface area (Å²) in [6.07, 6.45) is 10.5. The summed E-state index contributed by atoms with van der Waals surface area (Å²) in [5, 5.41) is 13.7. The van der Waals surface area contributed by atoms with Gasteiger partial charge in [-0.25, -0.2) is 0 Å². The topological polar surface area (TPSA) is 152 Å². The Hall–Kier alpha value is -1.62. The van der Waals surface area contributed by atoms with Gasteiger partial charge in [-0.05, 0) is 96.5 Å². The number of anilines is 1. The fraction of sp³-hybridized carbons (Fsp3) is 0.364. The summed E-state index contributed by atoms with van der Waals surface area (Å²) >= 11 is 0. The minimum absolute atomic E-state index is 0. The van der Waals surface area contributed by atoms with Crippen LogP contribution in [-0.4, -0.2) is 71.9 Å². The van der Waals surface area contributed by atoms with Gasteiger partial charge in [0.15, 0.2) is 5.71 Å². The number of hydrogen-bond donors (Lipinski definition) is 3. The molecule has 0 atom stereocenters. The molecule has 0 spiro atoms. The predicted octanol–water partition coefficient (Wildman–Crippen LogP) is -0.254. The number of rotatable bonds is 16. The normalized spacial score (nSPS) is 16.5. The van der Waals surface area contributed by atoms with Gasteiger partial charge in [-0.2, -0.15) is 21.4 Å². The van der Waals surface area contributed by atoms with E-state index in [0.717, 1.165) is 61.0 Å². The minimum Gasteiger partial charge on any atom is -0.481 e. The van der Waals surface area contributed by atoms with Gasteiger partial charge < -0.3 is 10.0 Å². The molecule has 0 radical (unpaired) electrons. The fourth-order valence-corrected chi connectivity index (χ4v) is 9.37. The van der Waals surface area contributed by atoms with Crippen molar-refractivity contribution in [1.29, 1.82) is 0 Å². The van der Waals surface area contributed by atoms with E-state index in [9.17, 15) is 35.8 Å². The number of aliphatic carboxylic acids is 1. The summed E-state index contributed by atoms with van der Waals surface area (Å²) in [6, 6.07) is 24.8. The predicted molar refractivity (Wildman–Crippen MR) is 225 cm³/mol. The Morgan fingerprint density at radius 3 is 1.98 bits per heavy atom. The summed E-state index contributed by atoms with van der Waals surface area (Å²) in [4.78, 5) is 13.5. The van der Waals surface area contributed by atoms with Crippen molar-refractivity contribution in [2.45, 2.75) is 77.0 Å². The summed E-state index contributed by atoms with van der Waals surface area (Å²) in [5.41, 5.74) is 6.17. The SMILES string of the molecule is CC1(C)C(/C=C/C(=C/C=C2/N(CCCS(=O)(=O)O)c3cc4ccccc4cc3C2(C)C)CCCCC(=O)O)=[N+](CCCS(=O)(=O)O)c2ccc3ccccc3c21.[Na+].[Na+].[Na+]. The van der Waals surface area contributed by atoms with E-state index >= 15 is 0 Å². The van der Waals surface area contributed by atoms with Crippen LogP contribution in [0.1, 0.15) is 77.3 Å². The van der Waals surface area contributed by atoms with E-state index < -0.39 is 37.0 Å². The van der Waals surface area contributed by atoms with Gasteiger partial charge in [0.25, 0.3) is 20.2 Å². The molecule has 6 rings (SSSR count). The van der Waals surface area contributed by atoms with Crippen LogP contribution < -0.4 is 93.6 Å².